The van der Waals surface area contributed by atoms with Crippen molar-refractivity contribution < 1.29 is 23.7 Å². The Morgan fingerprint density at radius 3 is 1.98 bits per heavy atom. The number of fused-ring (bicyclic) bond motifs is 5. The van der Waals surface area contributed by atoms with Crippen LogP contribution in [0.4, 0.5) is 0 Å². The van der Waals surface area contributed by atoms with E-state index in [1.165, 1.54) is 57.8 Å². The second-order valence-electron chi connectivity index (χ2n) is 19.9. The van der Waals surface area contributed by atoms with Crippen LogP contribution in [0.2, 0.25) is 0 Å². The fourth-order valence-corrected chi connectivity index (χ4v) is 12.7. The molecule has 0 bridgehead atoms. The van der Waals surface area contributed by atoms with Gasteiger partial charge in [-0.05, 0) is 114 Å². The average molecular weight is 789 g/mol. The van der Waals surface area contributed by atoms with E-state index < -0.39 is 12.4 Å². The predicted octanol–water partition coefficient (Wildman–Crippen LogP) is 12.5. The molecule has 4 fully saturated rings. The van der Waals surface area contributed by atoms with Crippen LogP contribution in [0.5, 0.6) is 0 Å². The zero-order valence-electron chi connectivity index (χ0n) is 36.2. The zero-order chi connectivity index (χ0) is 40.1. The number of ether oxygens (including phenoxy) is 5. The number of rotatable bonds is 17. The second-order valence-corrected chi connectivity index (χ2v) is 19.9. The SMILES string of the molecule is CC(C)CCC[C@@H](C)[C@H]1CC[C@H]2[C@@H]3CC=C4C[C@@H](O[C@@H]5O[C@H](COCc6ccccc6)[C@@H](OCc6ccccc6)[C@@H]5OCc5ccccc5)CC[C@]4(C)[C@H]3CC[C@]12C. The lowest BCUT2D eigenvalue weighted by molar-refractivity contribution is -0.212. The minimum Gasteiger partial charge on any atom is -0.374 e. The predicted molar refractivity (Wildman–Crippen MR) is 233 cm³/mol. The van der Waals surface area contributed by atoms with Crippen LogP contribution in [0.25, 0.3) is 0 Å². The van der Waals surface area contributed by atoms with E-state index in [9.17, 15) is 0 Å². The molecule has 1 saturated heterocycles. The summed E-state index contributed by atoms with van der Waals surface area (Å²) in [6, 6.07) is 31.1. The van der Waals surface area contributed by atoms with E-state index in [4.69, 9.17) is 23.7 Å². The van der Waals surface area contributed by atoms with Gasteiger partial charge in [-0.25, -0.2) is 0 Å². The van der Waals surface area contributed by atoms with Crippen molar-refractivity contribution in [1.29, 1.82) is 0 Å². The first-order chi connectivity index (χ1) is 28.2. The molecule has 0 amide bonds. The minimum absolute atomic E-state index is 0.0823. The molecule has 12 atom stereocenters. The summed E-state index contributed by atoms with van der Waals surface area (Å²) in [4.78, 5) is 0. The van der Waals surface area contributed by atoms with E-state index in [2.05, 4.69) is 113 Å². The highest BCUT2D eigenvalue weighted by atomic mass is 16.7. The first-order valence-electron chi connectivity index (χ1n) is 23.1. The smallest absolute Gasteiger partial charge is 0.187 e. The fourth-order valence-electron chi connectivity index (χ4n) is 12.7. The maximum Gasteiger partial charge on any atom is 0.187 e. The van der Waals surface area contributed by atoms with Crippen LogP contribution in [0, 0.1) is 46.3 Å². The van der Waals surface area contributed by atoms with Gasteiger partial charge in [-0.2, -0.15) is 0 Å². The maximum absolute atomic E-state index is 7.11. The van der Waals surface area contributed by atoms with E-state index in [0.717, 1.165) is 65.0 Å². The summed E-state index contributed by atoms with van der Waals surface area (Å²) in [5.74, 6) is 5.04. The Hall–Kier alpha value is -2.80. The largest absolute Gasteiger partial charge is 0.374 e. The highest BCUT2D eigenvalue weighted by Crippen LogP contribution is 2.67. The summed E-state index contributed by atoms with van der Waals surface area (Å²) in [6.45, 7) is 14.5. The molecule has 0 radical (unpaired) electrons. The molecule has 1 aliphatic heterocycles. The Balaban J connectivity index is 0.964. The van der Waals surface area contributed by atoms with Crippen LogP contribution in [0.3, 0.4) is 0 Å². The van der Waals surface area contributed by atoms with Crippen molar-refractivity contribution in [2.24, 2.45) is 46.3 Å². The van der Waals surface area contributed by atoms with Crippen LogP contribution in [-0.4, -0.2) is 37.3 Å². The first-order valence-corrected chi connectivity index (χ1v) is 23.1. The Bertz CT molecular complexity index is 1740. The average Bonchev–Trinajstić information content (AvgIpc) is 3.76. The van der Waals surface area contributed by atoms with E-state index in [-0.39, 0.29) is 23.7 Å². The third-order valence-corrected chi connectivity index (χ3v) is 15.8. The molecule has 58 heavy (non-hydrogen) atoms. The first kappa shape index (κ1) is 41.9. The summed E-state index contributed by atoms with van der Waals surface area (Å²) in [5, 5.41) is 0. The van der Waals surface area contributed by atoms with Crippen molar-refractivity contribution in [3.05, 3.63) is 119 Å². The monoisotopic (exact) mass is 789 g/mol. The van der Waals surface area contributed by atoms with Gasteiger partial charge in [0.1, 0.15) is 18.3 Å². The van der Waals surface area contributed by atoms with Crippen molar-refractivity contribution in [2.45, 2.75) is 156 Å². The van der Waals surface area contributed by atoms with Gasteiger partial charge in [-0.1, -0.05) is 157 Å². The van der Waals surface area contributed by atoms with E-state index in [0.29, 0.717) is 31.8 Å². The number of benzene rings is 3. The van der Waals surface area contributed by atoms with Crippen LogP contribution in [-0.2, 0) is 43.5 Å². The van der Waals surface area contributed by atoms with Crippen LogP contribution in [0.15, 0.2) is 103 Å². The molecule has 3 aromatic carbocycles. The molecule has 8 rings (SSSR count). The molecule has 3 aromatic rings. The van der Waals surface area contributed by atoms with Crippen molar-refractivity contribution >= 4 is 0 Å². The molecule has 4 aliphatic carbocycles. The topological polar surface area (TPSA) is 46.2 Å². The molecule has 0 N–H and O–H groups in total. The normalized spacial score (nSPS) is 34.9. The number of allylic oxidation sites excluding steroid dienone is 1. The third-order valence-electron chi connectivity index (χ3n) is 15.8. The molecule has 1 heterocycles. The number of hydrogen-bond donors (Lipinski definition) is 0. The van der Waals surface area contributed by atoms with Crippen LogP contribution in [0.1, 0.15) is 122 Å². The summed E-state index contributed by atoms with van der Waals surface area (Å²) < 4.78 is 33.9. The quantitative estimate of drug-likeness (QED) is 0.128. The molecular formula is C53H72O5. The fraction of sp³-hybridized carbons (Fsp3) is 0.623. The van der Waals surface area contributed by atoms with Crippen LogP contribution >= 0.6 is 0 Å². The maximum atomic E-state index is 7.11. The number of hydrogen-bond acceptors (Lipinski definition) is 5. The van der Waals surface area contributed by atoms with Gasteiger partial charge >= 0.3 is 0 Å². The van der Waals surface area contributed by atoms with Gasteiger partial charge in [-0.15, -0.1) is 0 Å². The highest BCUT2D eigenvalue weighted by Gasteiger charge is 2.59. The van der Waals surface area contributed by atoms with Crippen LogP contribution < -0.4 is 0 Å². The van der Waals surface area contributed by atoms with Gasteiger partial charge in [0.15, 0.2) is 6.29 Å². The molecule has 0 aromatic heterocycles. The van der Waals surface area contributed by atoms with Crippen molar-refractivity contribution in [1.82, 2.24) is 0 Å². The molecule has 5 heteroatoms. The molecule has 5 nitrogen and oxygen atoms in total. The summed E-state index contributed by atoms with van der Waals surface area (Å²) >= 11 is 0. The molecule has 0 spiro atoms. The van der Waals surface area contributed by atoms with E-state index in [1.807, 2.05) is 18.2 Å². The summed E-state index contributed by atoms with van der Waals surface area (Å²) in [6.07, 6.45) is 15.5. The van der Waals surface area contributed by atoms with Gasteiger partial charge in [0.25, 0.3) is 0 Å². The summed E-state index contributed by atoms with van der Waals surface area (Å²) in [7, 11) is 0. The molecule has 314 valence electrons. The second kappa shape index (κ2) is 18.9. The molecule has 3 saturated carbocycles. The van der Waals surface area contributed by atoms with Crippen molar-refractivity contribution in [3.8, 4) is 0 Å². The van der Waals surface area contributed by atoms with Gasteiger partial charge in [0.05, 0.1) is 32.5 Å². The van der Waals surface area contributed by atoms with Gasteiger partial charge < -0.3 is 23.7 Å². The van der Waals surface area contributed by atoms with Crippen molar-refractivity contribution in [2.75, 3.05) is 6.61 Å². The lowest BCUT2D eigenvalue weighted by Crippen LogP contribution is -2.51. The van der Waals surface area contributed by atoms with Gasteiger partial charge in [0.2, 0.25) is 0 Å². The molecule has 0 unspecified atom stereocenters. The van der Waals surface area contributed by atoms with Gasteiger partial charge in [-0.3, -0.25) is 0 Å². The summed E-state index contributed by atoms with van der Waals surface area (Å²) in [5.41, 5.74) is 5.81. The Morgan fingerprint density at radius 2 is 1.33 bits per heavy atom. The lowest BCUT2D eigenvalue weighted by atomic mass is 9.47. The Morgan fingerprint density at radius 1 is 0.690 bits per heavy atom. The molecule has 5 aliphatic rings. The lowest BCUT2D eigenvalue weighted by Gasteiger charge is -2.58. The van der Waals surface area contributed by atoms with E-state index >= 15 is 0 Å². The standard InChI is InChI=1S/C53H72O5/c1-37(2)16-15-17-38(3)45-26-27-46-44-25-24-42-32-43(28-30-52(42,4)47(44)29-31-53(45,46)5)57-51-50(56-35-41-22-13-8-14-23-41)49(55-34-40-20-11-7-12-21-40)48(58-51)36-54-33-39-18-9-6-10-19-39/h6-14,18-24,37-38,43-51H,15-17,25-36H2,1-5H3/t38-,43+,44+,45-,46+,47+,48-,49-,50+,51-,52+,53-/m1/s1. The molecular weight excluding hydrogens is 717 g/mol. The minimum atomic E-state index is -0.547. The van der Waals surface area contributed by atoms with E-state index in [1.54, 1.807) is 5.57 Å². The Kier molecular flexibility index (Phi) is 13.6. The van der Waals surface area contributed by atoms with Crippen molar-refractivity contribution in [3.63, 3.8) is 0 Å². The van der Waals surface area contributed by atoms with Gasteiger partial charge in [0, 0.05) is 0 Å². The highest BCUT2D eigenvalue weighted by molar-refractivity contribution is 5.26. The third kappa shape index (κ3) is 9.25. The zero-order valence-corrected chi connectivity index (χ0v) is 36.2. The Labute approximate surface area is 350 Å².